The van der Waals surface area contributed by atoms with Crippen LogP contribution in [-0.2, 0) is 0 Å². The molecule has 5 heteroatoms. The van der Waals surface area contributed by atoms with E-state index in [-0.39, 0.29) is 11.9 Å². The summed E-state index contributed by atoms with van der Waals surface area (Å²) in [6.07, 6.45) is 3.15. The Labute approximate surface area is 93.7 Å². The van der Waals surface area contributed by atoms with Crippen LogP contribution in [0.15, 0.2) is 24.5 Å². The molecule has 1 aliphatic heterocycles. The van der Waals surface area contributed by atoms with Crippen molar-refractivity contribution in [2.75, 3.05) is 19.6 Å². The molecule has 1 unspecified atom stereocenters. The lowest BCUT2D eigenvalue weighted by Gasteiger charge is -2.31. The average Bonchev–Trinajstić information content (AvgIpc) is 2.39. The Hall–Kier alpha value is -1.93. The first-order valence-electron chi connectivity index (χ1n) is 5.14. The Morgan fingerprint density at radius 3 is 3.25 bits per heavy atom. The third-order valence-corrected chi connectivity index (χ3v) is 2.56. The molecule has 82 valence electrons. The van der Waals surface area contributed by atoms with Gasteiger partial charge in [-0.2, -0.15) is 5.26 Å². The molecule has 1 aliphatic rings. The van der Waals surface area contributed by atoms with Crippen molar-refractivity contribution in [3.8, 4) is 6.07 Å². The van der Waals surface area contributed by atoms with Gasteiger partial charge in [0.2, 0.25) is 0 Å². The summed E-state index contributed by atoms with van der Waals surface area (Å²) in [6.45, 7) is 1.82. The fourth-order valence-electron chi connectivity index (χ4n) is 1.72. The van der Waals surface area contributed by atoms with Crippen molar-refractivity contribution in [1.82, 2.24) is 15.2 Å². The molecule has 5 nitrogen and oxygen atoms in total. The summed E-state index contributed by atoms with van der Waals surface area (Å²) in [7, 11) is 0. The smallest absolute Gasteiger partial charge is 0.256 e. The van der Waals surface area contributed by atoms with Gasteiger partial charge in [-0.1, -0.05) is 0 Å². The molecule has 1 amide bonds. The molecule has 0 bridgehead atoms. The van der Waals surface area contributed by atoms with Crippen LogP contribution in [0.2, 0.25) is 0 Å². The van der Waals surface area contributed by atoms with Crippen LogP contribution in [0.3, 0.4) is 0 Å². The maximum Gasteiger partial charge on any atom is 0.256 e. The fraction of sp³-hybridized carbons (Fsp3) is 0.364. The van der Waals surface area contributed by atoms with Crippen LogP contribution >= 0.6 is 0 Å². The molecule has 0 spiro atoms. The molecule has 1 saturated heterocycles. The molecule has 0 saturated carbocycles. The van der Waals surface area contributed by atoms with Gasteiger partial charge in [0.25, 0.3) is 5.91 Å². The number of hydrogen-bond donors (Lipinski definition) is 1. The van der Waals surface area contributed by atoms with Crippen molar-refractivity contribution >= 4 is 5.91 Å². The SMILES string of the molecule is N#CC1CNCCN1C(=O)c1cccnc1. The molecule has 1 aromatic rings. The maximum atomic E-state index is 12.1. The van der Waals surface area contributed by atoms with Crippen molar-refractivity contribution in [3.63, 3.8) is 0 Å². The fourth-order valence-corrected chi connectivity index (χ4v) is 1.72. The van der Waals surface area contributed by atoms with Gasteiger partial charge in [0, 0.05) is 32.0 Å². The number of rotatable bonds is 1. The summed E-state index contributed by atoms with van der Waals surface area (Å²) >= 11 is 0. The van der Waals surface area contributed by atoms with E-state index in [9.17, 15) is 4.79 Å². The Morgan fingerprint density at radius 2 is 2.56 bits per heavy atom. The lowest BCUT2D eigenvalue weighted by molar-refractivity contribution is 0.0686. The van der Waals surface area contributed by atoms with Crippen LogP contribution in [0.5, 0.6) is 0 Å². The van der Waals surface area contributed by atoms with E-state index in [2.05, 4.69) is 16.4 Å². The zero-order valence-corrected chi connectivity index (χ0v) is 8.76. The number of nitriles is 1. The number of nitrogens with one attached hydrogen (secondary N) is 1. The largest absolute Gasteiger partial charge is 0.320 e. The number of carbonyl (C=O) groups is 1. The lowest BCUT2D eigenvalue weighted by atomic mass is 10.1. The number of nitrogens with zero attached hydrogens (tertiary/aromatic N) is 3. The molecule has 2 rings (SSSR count). The molecular formula is C11H12N4O. The van der Waals surface area contributed by atoms with Gasteiger partial charge in [0.15, 0.2) is 0 Å². The molecular weight excluding hydrogens is 204 g/mol. The third kappa shape index (κ3) is 2.02. The van der Waals surface area contributed by atoms with Gasteiger partial charge in [-0.25, -0.2) is 0 Å². The average molecular weight is 216 g/mol. The molecule has 1 atom stereocenters. The highest BCUT2D eigenvalue weighted by atomic mass is 16.2. The van der Waals surface area contributed by atoms with E-state index < -0.39 is 0 Å². The number of carbonyl (C=O) groups excluding carboxylic acids is 1. The van der Waals surface area contributed by atoms with Crippen LogP contribution in [0.1, 0.15) is 10.4 Å². The summed E-state index contributed by atoms with van der Waals surface area (Å²) in [5.74, 6) is -0.124. The molecule has 0 aromatic carbocycles. The monoisotopic (exact) mass is 216 g/mol. The Kier molecular flexibility index (Phi) is 3.13. The van der Waals surface area contributed by atoms with E-state index >= 15 is 0 Å². The van der Waals surface area contributed by atoms with Crippen LogP contribution in [0, 0.1) is 11.3 Å². The van der Waals surface area contributed by atoms with Gasteiger partial charge in [-0.15, -0.1) is 0 Å². The predicted molar refractivity (Wildman–Crippen MR) is 57.5 cm³/mol. The van der Waals surface area contributed by atoms with Gasteiger partial charge in [-0.3, -0.25) is 9.78 Å². The number of aromatic nitrogens is 1. The second kappa shape index (κ2) is 4.73. The summed E-state index contributed by atoms with van der Waals surface area (Å²) in [5, 5.41) is 12.0. The van der Waals surface area contributed by atoms with E-state index in [1.807, 2.05) is 0 Å². The van der Waals surface area contributed by atoms with Crippen molar-refractivity contribution in [2.24, 2.45) is 0 Å². The minimum atomic E-state index is -0.388. The van der Waals surface area contributed by atoms with Crippen LogP contribution in [0.25, 0.3) is 0 Å². The first kappa shape index (κ1) is 10.6. The van der Waals surface area contributed by atoms with E-state index in [0.29, 0.717) is 18.7 Å². The van der Waals surface area contributed by atoms with E-state index in [1.165, 1.54) is 6.20 Å². The second-order valence-electron chi connectivity index (χ2n) is 3.59. The van der Waals surface area contributed by atoms with Crippen LogP contribution in [0.4, 0.5) is 0 Å². The third-order valence-electron chi connectivity index (χ3n) is 2.56. The number of piperazine rings is 1. The topological polar surface area (TPSA) is 69.0 Å². The number of amides is 1. The quantitative estimate of drug-likeness (QED) is 0.718. The van der Waals surface area contributed by atoms with Gasteiger partial charge >= 0.3 is 0 Å². The summed E-state index contributed by atoms with van der Waals surface area (Å²) < 4.78 is 0. The molecule has 2 heterocycles. The van der Waals surface area contributed by atoms with E-state index in [0.717, 1.165) is 6.54 Å². The normalized spacial score (nSPS) is 20.2. The standard InChI is InChI=1S/C11H12N4O/c12-6-10-8-14-4-5-15(10)11(16)9-2-1-3-13-7-9/h1-3,7,10,14H,4-5,8H2. The van der Waals surface area contributed by atoms with Crippen molar-refractivity contribution in [2.45, 2.75) is 6.04 Å². The molecule has 1 N–H and O–H groups in total. The lowest BCUT2D eigenvalue weighted by Crippen LogP contribution is -2.53. The summed E-state index contributed by atoms with van der Waals surface area (Å²) in [6, 6.07) is 5.17. The van der Waals surface area contributed by atoms with E-state index in [4.69, 9.17) is 5.26 Å². The Bertz CT molecular complexity index is 412. The zero-order chi connectivity index (χ0) is 11.4. The van der Waals surface area contributed by atoms with Crippen molar-refractivity contribution < 1.29 is 4.79 Å². The molecule has 1 fully saturated rings. The summed E-state index contributed by atoms with van der Waals surface area (Å²) in [5.41, 5.74) is 0.532. The maximum absolute atomic E-state index is 12.1. The van der Waals surface area contributed by atoms with E-state index in [1.54, 1.807) is 23.2 Å². The molecule has 16 heavy (non-hydrogen) atoms. The van der Waals surface area contributed by atoms with Gasteiger partial charge in [-0.05, 0) is 12.1 Å². The highest BCUT2D eigenvalue weighted by Gasteiger charge is 2.26. The van der Waals surface area contributed by atoms with Crippen molar-refractivity contribution in [1.29, 1.82) is 5.26 Å². The van der Waals surface area contributed by atoms with Crippen molar-refractivity contribution in [3.05, 3.63) is 30.1 Å². The Balaban J connectivity index is 2.18. The zero-order valence-electron chi connectivity index (χ0n) is 8.76. The highest BCUT2D eigenvalue weighted by Crippen LogP contribution is 2.08. The number of pyridine rings is 1. The first-order valence-corrected chi connectivity index (χ1v) is 5.14. The Morgan fingerprint density at radius 1 is 1.69 bits per heavy atom. The van der Waals surface area contributed by atoms with Gasteiger partial charge < -0.3 is 10.2 Å². The molecule has 1 aromatic heterocycles. The predicted octanol–water partition coefficient (Wildman–Crippen LogP) is 0.0192. The summed E-state index contributed by atoms with van der Waals surface area (Å²) in [4.78, 5) is 17.6. The van der Waals surface area contributed by atoms with Gasteiger partial charge in [0.1, 0.15) is 6.04 Å². The first-order chi connectivity index (χ1) is 7.83. The molecule has 0 radical (unpaired) electrons. The highest BCUT2D eigenvalue weighted by molar-refractivity contribution is 5.94. The van der Waals surface area contributed by atoms with Crippen LogP contribution in [-0.4, -0.2) is 41.5 Å². The minimum absolute atomic E-state index is 0.124. The van der Waals surface area contributed by atoms with Crippen LogP contribution < -0.4 is 5.32 Å². The minimum Gasteiger partial charge on any atom is -0.320 e. The second-order valence-corrected chi connectivity index (χ2v) is 3.59. The number of hydrogen-bond acceptors (Lipinski definition) is 4. The molecule has 0 aliphatic carbocycles. The van der Waals surface area contributed by atoms with Gasteiger partial charge in [0.05, 0.1) is 11.6 Å².